The maximum absolute atomic E-state index is 9.26. The van der Waals surface area contributed by atoms with Crippen LogP contribution in [0.2, 0.25) is 0 Å². The number of phenolic OH excluding ortho intramolecular Hbond substituents is 1. The SMILES string of the molecule is CC(CO)CCCNCc1cccc(O)c1. The number of phenols is 1. The molecule has 0 radical (unpaired) electrons. The van der Waals surface area contributed by atoms with Gasteiger partial charge in [-0.3, -0.25) is 0 Å². The molecule has 0 aliphatic carbocycles. The molecule has 0 fully saturated rings. The van der Waals surface area contributed by atoms with Crippen molar-refractivity contribution in [1.82, 2.24) is 5.32 Å². The van der Waals surface area contributed by atoms with Crippen LogP contribution >= 0.6 is 0 Å². The Kier molecular flexibility index (Phi) is 5.90. The van der Waals surface area contributed by atoms with Crippen molar-refractivity contribution in [2.45, 2.75) is 26.3 Å². The average molecular weight is 223 g/mol. The van der Waals surface area contributed by atoms with Crippen molar-refractivity contribution in [3.8, 4) is 5.75 Å². The molecule has 90 valence electrons. The van der Waals surface area contributed by atoms with Crippen LogP contribution in [-0.2, 0) is 6.54 Å². The average Bonchev–Trinajstić information content (AvgIpc) is 2.28. The summed E-state index contributed by atoms with van der Waals surface area (Å²) in [7, 11) is 0. The van der Waals surface area contributed by atoms with Crippen molar-refractivity contribution < 1.29 is 10.2 Å². The van der Waals surface area contributed by atoms with Crippen molar-refractivity contribution in [2.24, 2.45) is 5.92 Å². The van der Waals surface area contributed by atoms with E-state index in [1.807, 2.05) is 12.1 Å². The third-order valence-corrected chi connectivity index (χ3v) is 2.60. The van der Waals surface area contributed by atoms with Crippen LogP contribution < -0.4 is 5.32 Å². The summed E-state index contributed by atoms with van der Waals surface area (Å²) in [6.07, 6.45) is 2.12. The van der Waals surface area contributed by atoms with Crippen LogP contribution in [0.4, 0.5) is 0 Å². The van der Waals surface area contributed by atoms with Gasteiger partial charge in [0.1, 0.15) is 5.75 Å². The van der Waals surface area contributed by atoms with Gasteiger partial charge in [0.25, 0.3) is 0 Å². The molecule has 1 aromatic rings. The van der Waals surface area contributed by atoms with Gasteiger partial charge < -0.3 is 15.5 Å². The molecular weight excluding hydrogens is 202 g/mol. The van der Waals surface area contributed by atoms with Gasteiger partial charge in [0.2, 0.25) is 0 Å². The summed E-state index contributed by atoms with van der Waals surface area (Å²) in [5, 5.41) is 21.4. The number of aliphatic hydroxyl groups is 1. The Hall–Kier alpha value is -1.06. The zero-order valence-corrected chi connectivity index (χ0v) is 9.82. The molecule has 16 heavy (non-hydrogen) atoms. The second kappa shape index (κ2) is 7.25. The summed E-state index contributed by atoms with van der Waals surface area (Å²) in [6.45, 7) is 4.05. The summed E-state index contributed by atoms with van der Waals surface area (Å²) < 4.78 is 0. The second-order valence-corrected chi connectivity index (χ2v) is 4.28. The van der Waals surface area contributed by atoms with Gasteiger partial charge in [0.15, 0.2) is 0 Å². The quantitative estimate of drug-likeness (QED) is 0.619. The highest BCUT2D eigenvalue weighted by Gasteiger charge is 1.99. The Balaban J connectivity index is 2.12. The highest BCUT2D eigenvalue weighted by molar-refractivity contribution is 5.26. The zero-order valence-electron chi connectivity index (χ0n) is 9.82. The predicted molar refractivity (Wildman–Crippen MR) is 65.3 cm³/mol. The fourth-order valence-electron chi connectivity index (χ4n) is 1.57. The molecule has 0 saturated heterocycles. The van der Waals surface area contributed by atoms with Gasteiger partial charge in [-0.05, 0) is 43.0 Å². The van der Waals surface area contributed by atoms with E-state index >= 15 is 0 Å². The molecule has 1 atom stereocenters. The molecule has 1 aromatic carbocycles. The molecule has 1 unspecified atom stereocenters. The lowest BCUT2D eigenvalue weighted by Gasteiger charge is -2.08. The molecular formula is C13H21NO2. The Morgan fingerprint density at radius 2 is 2.19 bits per heavy atom. The Bertz CT molecular complexity index is 302. The summed E-state index contributed by atoms with van der Waals surface area (Å²) in [6, 6.07) is 7.28. The molecule has 0 saturated carbocycles. The van der Waals surface area contributed by atoms with E-state index in [1.165, 1.54) is 0 Å². The van der Waals surface area contributed by atoms with E-state index < -0.39 is 0 Å². The molecule has 3 heteroatoms. The van der Waals surface area contributed by atoms with Crippen molar-refractivity contribution in [3.05, 3.63) is 29.8 Å². The molecule has 3 nitrogen and oxygen atoms in total. The Morgan fingerprint density at radius 1 is 1.38 bits per heavy atom. The van der Waals surface area contributed by atoms with Crippen LogP contribution in [-0.4, -0.2) is 23.4 Å². The number of hydrogen-bond acceptors (Lipinski definition) is 3. The van der Waals surface area contributed by atoms with Gasteiger partial charge >= 0.3 is 0 Å². The highest BCUT2D eigenvalue weighted by atomic mass is 16.3. The van der Waals surface area contributed by atoms with E-state index in [4.69, 9.17) is 5.11 Å². The number of aliphatic hydroxyl groups excluding tert-OH is 1. The minimum absolute atomic E-state index is 0.270. The number of benzene rings is 1. The van der Waals surface area contributed by atoms with Gasteiger partial charge in [-0.25, -0.2) is 0 Å². The van der Waals surface area contributed by atoms with Crippen molar-refractivity contribution in [3.63, 3.8) is 0 Å². The number of nitrogens with one attached hydrogen (secondary N) is 1. The van der Waals surface area contributed by atoms with E-state index in [-0.39, 0.29) is 6.61 Å². The summed E-state index contributed by atoms with van der Waals surface area (Å²) in [5.74, 6) is 0.704. The smallest absolute Gasteiger partial charge is 0.115 e. The summed E-state index contributed by atoms with van der Waals surface area (Å²) in [4.78, 5) is 0. The highest BCUT2D eigenvalue weighted by Crippen LogP contribution is 2.10. The van der Waals surface area contributed by atoms with Crippen LogP contribution in [0.15, 0.2) is 24.3 Å². The third kappa shape index (κ3) is 5.14. The Morgan fingerprint density at radius 3 is 2.88 bits per heavy atom. The number of rotatable bonds is 7. The van der Waals surface area contributed by atoms with Crippen LogP contribution in [0.25, 0.3) is 0 Å². The lowest BCUT2D eigenvalue weighted by molar-refractivity contribution is 0.228. The van der Waals surface area contributed by atoms with Gasteiger partial charge in [-0.15, -0.1) is 0 Å². The van der Waals surface area contributed by atoms with E-state index in [0.717, 1.165) is 31.5 Å². The lowest BCUT2D eigenvalue weighted by Crippen LogP contribution is -2.15. The molecule has 1 rings (SSSR count). The van der Waals surface area contributed by atoms with E-state index in [0.29, 0.717) is 11.7 Å². The standard InChI is InChI=1S/C13H21NO2/c1-11(10-15)4-3-7-14-9-12-5-2-6-13(16)8-12/h2,5-6,8,11,14-16H,3-4,7,9-10H2,1H3. The van der Waals surface area contributed by atoms with Gasteiger partial charge in [-0.1, -0.05) is 19.1 Å². The topological polar surface area (TPSA) is 52.5 Å². The second-order valence-electron chi connectivity index (χ2n) is 4.28. The number of aromatic hydroxyl groups is 1. The maximum atomic E-state index is 9.26. The summed E-state index contributed by atoms with van der Waals surface area (Å²) in [5.41, 5.74) is 1.09. The normalized spacial score (nSPS) is 12.6. The summed E-state index contributed by atoms with van der Waals surface area (Å²) >= 11 is 0. The zero-order chi connectivity index (χ0) is 11.8. The molecule has 0 amide bonds. The first-order valence-corrected chi connectivity index (χ1v) is 5.82. The molecule has 0 heterocycles. The monoisotopic (exact) mass is 223 g/mol. The largest absolute Gasteiger partial charge is 0.508 e. The third-order valence-electron chi connectivity index (χ3n) is 2.60. The van der Waals surface area contributed by atoms with E-state index in [2.05, 4.69) is 12.2 Å². The lowest BCUT2D eigenvalue weighted by atomic mass is 10.1. The van der Waals surface area contributed by atoms with Crippen LogP contribution in [0.1, 0.15) is 25.3 Å². The van der Waals surface area contributed by atoms with Crippen molar-refractivity contribution in [2.75, 3.05) is 13.2 Å². The molecule has 0 aliphatic heterocycles. The predicted octanol–water partition coefficient (Wildman–Crippen LogP) is 1.89. The van der Waals surface area contributed by atoms with Gasteiger partial charge in [0.05, 0.1) is 0 Å². The van der Waals surface area contributed by atoms with Gasteiger partial charge in [0, 0.05) is 13.2 Å². The van der Waals surface area contributed by atoms with E-state index in [1.54, 1.807) is 12.1 Å². The van der Waals surface area contributed by atoms with Crippen LogP contribution in [0, 0.1) is 5.92 Å². The molecule has 0 aromatic heterocycles. The minimum Gasteiger partial charge on any atom is -0.508 e. The Labute approximate surface area is 97.1 Å². The first kappa shape index (κ1) is 13.0. The van der Waals surface area contributed by atoms with Crippen molar-refractivity contribution >= 4 is 0 Å². The van der Waals surface area contributed by atoms with Crippen LogP contribution in [0.5, 0.6) is 5.75 Å². The van der Waals surface area contributed by atoms with Gasteiger partial charge in [-0.2, -0.15) is 0 Å². The van der Waals surface area contributed by atoms with E-state index in [9.17, 15) is 5.11 Å². The van der Waals surface area contributed by atoms with Crippen LogP contribution in [0.3, 0.4) is 0 Å². The minimum atomic E-state index is 0.270. The molecule has 3 N–H and O–H groups in total. The fourth-order valence-corrected chi connectivity index (χ4v) is 1.57. The molecule has 0 bridgehead atoms. The first-order valence-electron chi connectivity index (χ1n) is 5.82. The maximum Gasteiger partial charge on any atom is 0.115 e. The fraction of sp³-hybridized carbons (Fsp3) is 0.538. The number of hydrogen-bond donors (Lipinski definition) is 3. The molecule has 0 aliphatic rings. The van der Waals surface area contributed by atoms with Crippen molar-refractivity contribution in [1.29, 1.82) is 0 Å². The molecule has 0 spiro atoms. The first-order chi connectivity index (χ1) is 7.72.